The lowest BCUT2D eigenvalue weighted by atomic mass is 9.68. The van der Waals surface area contributed by atoms with Gasteiger partial charge in [-0.1, -0.05) is 68.1 Å². The summed E-state index contributed by atoms with van der Waals surface area (Å²) < 4.78 is 0. The molecule has 1 unspecified atom stereocenters. The molecule has 2 aromatic carbocycles. The van der Waals surface area contributed by atoms with Crippen molar-refractivity contribution in [2.75, 3.05) is 0 Å². The highest BCUT2D eigenvalue weighted by molar-refractivity contribution is 6.35. The minimum Gasteiger partial charge on any atom is -0.323 e. The first-order valence-corrected chi connectivity index (χ1v) is 7.92. The molecule has 1 aliphatic carbocycles. The van der Waals surface area contributed by atoms with Gasteiger partial charge >= 0.3 is 0 Å². The zero-order valence-electron chi connectivity index (χ0n) is 12.0. The fraction of sp³-hybridized carbons (Fsp3) is 0.444. The zero-order valence-corrected chi connectivity index (χ0v) is 12.8. The van der Waals surface area contributed by atoms with Crippen LogP contribution in [0.3, 0.4) is 0 Å². The van der Waals surface area contributed by atoms with Crippen LogP contribution < -0.4 is 5.73 Å². The van der Waals surface area contributed by atoms with Crippen LogP contribution in [0.2, 0.25) is 5.02 Å². The molecule has 1 fully saturated rings. The second kappa shape index (κ2) is 5.38. The van der Waals surface area contributed by atoms with E-state index in [1.807, 2.05) is 12.1 Å². The molecule has 2 heteroatoms. The summed E-state index contributed by atoms with van der Waals surface area (Å²) in [6, 6.07) is 12.5. The number of hydrogen-bond donors (Lipinski definition) is 1. The second-order valence-corrected chi connectivity index (χ2v) is 6.78. The van der Waals surface area contributed by atoms with Gasteiger partial charge in [0.25, 0.3) is 0 Å². The number of nitrogens with two attached hydrogens (primary N) is 1. The van der Waals surface area contributed by atoms with E-state index >= 15 is 0 Å². The van der Waals surface area contributed by atoms with Gasteiger partial charge in [-0.25, -0.2) is 0 Å². The molecule has 0 spiro atoms. The highest BCUT2D eigenvalue weighted by atomic mass is 35.5. The molecule has 1 nitrogen and oxygen atoms in total. The SMILES string of the molecule is CC1(C(N)c2ccc(Cl)c3ccccc23)CCCCC1. The van der Waals surface area contributed by atoms with Crippen LogP contribution in [0, 0.1) is 5.41 Å². The van der Waals surface area contributed by atoms with E-state index in [4.69, 9.17) is 17.3 Å². The third-order valence-corrected chi connectivity index (χ3v) is 5.32. The summed E-state index contributed by atoms with van der Waals surface area (Å²) in [5, 5.41) is 3.13. The topological polar surface area (TPSA) is 26.0 Å². The molecule has 20 heavy (non-hydrogen) atoms. The Labute approximate surface area is 126 Å². The highest BCUT2D eigenvalue weighted by Crippen LogP contribution is 2.46. The highest BCUT2D eigenvalue weighted by Gasteiger charge is 2.34. The van der Waals surface area contributed by atoms with Crippen LogP contribution >= 0.6 is 11.6 Å². The van der Waals surface area contributed by atoms with E-state index in [0.29, 0.717) is 0 Å². The molecule has 1 aliphatic rings. The number of rotatable bonds is 2. The smallest absolute Gasteiger partial charge is 0.0484 e. The van der Waals surface area contributed by atoms with E-state index in [9.17, 15) is 0 Å². The van der Waals surface area contributed by atoms with E-state index in [1.165, 1.54) is 43.1 Å². The van der Waals surface area contributed by atoms with Crippen molar-refractivity contribution in [2.45, 2.75) is 45.1 Å². The van der Waals surface area contributed by atoms with E-state index in [0.717, 1.165) is 10.4 Å². The molecule has 3 rings (SSSR count). The molecule has 0 bridgehead atoms. The van der Waals surface area contributed by atoms with Gasteiger partial charge in [0.15, 0.2) is 0 Å². The first-order chi connectivity index (χ1) is 9.62. The first kappa shape index (κ1) is 13.9. The van der Waals surface area contributed by atoms with Gasteiger partial charge in [0.05, 0.1) is 0 Å². The molecule has 106 valence electrons. The molecule has 0 saturated heterocycles. The fourth-order valence-corrected chi connectivity index (χ4v) is 3.83. The molecule has 0 aromatic heterocycles. The summed E-state index contributed by atoms with van der Waals surface area (Å²) in [6.07, 6.45) is 6.41. The van der Waals surface area contributed by atoms with Crippen LogP contribution in [-0.2, 0) is 0 Å². The molecule has 1 saturated carbocycles. The molecular formula is C18H22ClN. The van der Waals surface area contributed by atoms with Crippen molar-refractivity contribution in [1.29, 1.82) is 0 Å². The van der Waals surface area contributed by atoms with Crippen LogP contribution in [0.5, 0.6) is 0 Å². The third kappa shape index (κ3) is 2.34. The summed E-state index contributed by atoms with van der Waals surface area (Å²) in [5.74, 6) is 0. The fourth-order valence-electron chi connectivity index (χ4n) is 3.60. The van der Waals surface area contributed by atoms with Crippen molar-refractivity contribution in [3.05, 3.63) is 47.0 Å². The van der Waals surface area contributed by atoms with Gasteiger partial charge < -0.3 is 5.73 Å². The molecule has 1 atom stereocenters. The Hall–Kier alpha value is -1.05. The lowest BCUT2D eigenvalue weighted by Gasteiger charge is -2.39. The summed E-state index contributed by atoms with van der Waals surface area (Å²) in [6.45, 7) is 2.35. The van der Waals surface area contributed by atoms with E-state index in [1.54, 1.807) is 0 Å². The molecule has 2 aromatic rings. The number of fused-ring (bicyclic) bond motifs is 1. The molecule has 0 amide bonds. The van der Waals surface area contributed by atoms with E-state index in [-0.39, 0.29) is 11.5 Å². The summed E-state index contributed by atoms with van der Waals surface area (Å²) >= 11 is 6.31. The van der Waals surface area contributed by atoms with Crippen LogP contribution in [0.15, 0.2) is 36.4 Å². The largest absolute Gasteiger partial charge is 0.323 e. The maximum atomic E-state index is 6.68. The molecule has 2 N–H and O–H groups in total. The van der Waals surface area contributed by atoms with Crippen LogP contribution in [0.4, 0.5) is 0 Å². The van der Waals surface area contributed by atoms with Gasteiger partial charge in [0.1, 0.15) is 0 Å². The normalized spacial score (nSPS) is 19.9. The van der Waals surface area contributed by atoms with E-state index < -0.39 is 0 Å². The standard InChI is InChI=1S/C18H22ClN/c1-18(11-5-2-6-12-18)17(20)15-9-10-16(19)14-8-4-3-7-13(14)15/h3-4,7-10,17H,2,5-6,11-12,20H2,1H3. The predicted molar refractivity (Wildman–Crippen MR) is 87.1 cm³/mol. The average Bonchev–Trinajstić information content (AvgIpc) is 2.48. The van der Waals surface area contributed by atoms with Gasteiger partial charge in [0.2, 0.25) is 0 Å². The predicted octanol–water partition coefficient (Wildman–Crippen LogP) is 5.46. The quantitative estimate of drug-likeness (QED) is 0.779. The maximum Gasteiger partial charge on any atom is 0.0484 e. The maximum absolute atomic E-state index is 6.68. The van der Waals surface area contributed by atoms with Gasteiger partial charge in [0, 0.05) is 16.5 Å². The van der Waals surface area contributed by atoms with Crippen LogP contribution in [0.25, 0.3) is 10.8 Å². The number of benzene rings is 2. The minimum atomic E-state index is 0.0879. The lowest BCUT2D eigenvalue weighted by Crippen LogP contribution is -2.34. The monoisotopic (exact) mass is 287 g/mol. The summed E-state index contributed by atoms with van der Waals surface area (Å²) in [5.41, 5.74) is 8.14. The molecule has 0 heterocycles. The van der Waals surface area contributed by atoms with Crippen molar-refractivity contribution < 1.29 is 0 Å². The molecule has 0 radical (unpaired) electrons. The lowest BCUT2D eigenvalue weighted by molar-refractivity contribution is 0.171. The number of hydrogen-bond acceptors (Lipinski definition) is 1. The van der Waals surface area contributed by atoms with Crippen molar-refractivity contribution >= 4 is 22.4 Å². The van der Waals surface area contributed by atoms with Crippen molar-refractivity contribution in [3.8, 4) is 0 Å². The Kier molecular flexibility index (Phi) is 3.74. The minimum absolute atomic E-state index is 0.0879. The van der Waals surface area contributed by atoms with Gasteiger partial charge in [-0.3, -0.25) is 0 Å². The average molecular weight is 288 g/mol. The zero-order chi connectivity index (χ0) is 14.2. The summed E-state index contributed by atoms with van der Waals surface area (Å²) in [7, 11) is 0. The summed E-state index contributed by atoms with van der Waals surface area (Å²) in [4.78, 5) is 0. The van der Waals surface area contributed by atoms with Gasteiger partial charge in [-0.15, -0.1) is 0 Å². The Morgan fingerprint density at radius 1 is 1.00 bits per heavy atom. The van der Waals surface area contributed by atoms with Crippen LogP contribution in [-0.4, -0.2) is 0 Å². The van der Waals surface area contributed by atoms with Crippen molar-refractivity contribution in [1.82, 2.24) is 0 Å². The third-order valence-electron chi connectivity index (χ3n) is 4.99. The van der Waals surface area contributed by atoms with Gasteiger partial charge in [-0.2, -0.15) is 0 Å². The van der Waals surface area contributed by atoms with Crippen LogP contribution in [0.1, 0.15) is 50.6 Å². The van der Waals surface area contributed by atoms with Gasteiger partial charge in [-0.05, 0) is 35.3 Å². The molecular weight excluding hydrogens is 266 g/mol. The van der Waals surface area contributed by atoms with Crippen molar-refractivity contribution in [2.24, 2.45) is 11.1 Å². The Balaban J connectivity index is 2.08. The Morgan fingerprint density at radius 3 is 2.35 bits per heavy atom. The Bertz CT molecular complexity index is 614. The van der Waals surface area contributed by atoms with Crippen molar-refractivity contribution in [3.63, 3.8) is 0 Å². The molecule has 0 aliphatic heterocycles. The number of halogens is 1. The first-order valence-electron chi connectivity index (χ1n) is 7.54. The van der Waals surface area contributed by atoms with E-state index in [2.05, 4.69) is 31.2 Å². The second-order valence-electron chi connectivity index (χ2n) is 6.37. The Morgan fingerprint density at radius 2 is 1.65 bits per heavy atom.